The smallest absolute Gasteiger partial charge is 0.0553 e. The van der Waals surface area contributed by atoms with Crippen molar-refractivity contribution in [2.45, 2.75) is 38.5 Å². The Hall–Kier alpha value is -7.94. The fourth-order valence-corrected chi connectivity index (χ4v) is 12.3. The molecular weight excluding hydrogens is 797 g/mol. The van der Waals surface area contributed by atoms with Gasteiger partial charge in [-0.2, -0.15) is 0 Å². The molecular formula is C64H46N2. The summed E-state index contributed by atoms with van der Waals surface area (Å²) in [5.41, 5.74) is 20.2. The van der Waals surface area contributed by atoms with Crippen LogP contribution in [0.25, 0.3) is 93.2 Å². The van der Waals surface area contributed by atoms with Gasteiger partial charge in [0.2, 0.25) is 0 Å². The van der Waals surface area contributed by atoms with Crippen LogP contribution in [0.2, 0.25) is 0 Å². The van der Waals surface area contributed by atoms with E-state index in [9.17, 15) is 0 Å². The monoisotopic (exact) mass is 842 g/mol. The number of nitrogens with zero attached hydrogens (tertiary/aromatic N) is 2. The van der Waals surface area contributed by atoms with Crippen molar-refractivity contribution < 1.29 is 0 Å². The molecule has 2 aliphatic rings. The Morgan fingerprint density at radius 2 is 0.848 bits per heavy atom. The molecule has 2 heteroatoms. The van der Waals surface area contributed by atoms with Gasteiger partial charge in [0.15, 0.2) is 0 Å². The van der Waals surface area contributed by atoms with Crippen molar-refractivity contribution >= 4 is 71.2 Å². The molecule has 0 atom stereocenters. The number of para-hydroxylation sites is 2. The molecule has 0 radical (unpaired) electrons. The van der Waals surface area contributed by atoms with Gasteiger partial charge in [-0.05, 0) is 149 Å². The maximum atomic E-state index is 2.48. The SMILES string of the molecule is CC1(C)c2ccccc2-c2ccc(N(c3ccc(-c4ccc5ccc6c7c(ccc4c57)cc4c6c5ccccc5n4-c4ccccc4)cc3)c3ccc4c(c3)C(C)(C)c3ccccc3-4)cc21. The molecule has 0 bridgehead atoms. The molecule has 0 unspecified atom stereocenters. The first-order valence-corrected chi connectivity index (χ1v) is 23.3. The number of hydrogen-bond acceptors (Lipinski definition) is 1. The van der Waals surface area contributed by atoms with Crippen molar-refractivity contribution in [1.29, 1.82) is 0 Å². The first-order valence-electron chi connectivity index (χ1n) is 23.3. The minimum Gasteiger partial charge on any atom is -0.310 e. The summed E-state index contributed by atoms with van der Waals surface area (Å²) in [6, 6.07) is 77.5. The lowest BCUT2D eigenvalue weighted by Gasteiger charge is -2.30. The van der Waals surface area contributed by atoms with Crippen LogP contribution in [0.5, 0.6) is 0 Å². The lowest BCUT2D eigenvalue weighted by atomic mass is 9.82. The minimum absolute atomic E-state index is 0.112. The lowest BCUT2D eigenvalue weighted by Crippen LogP contribution is -2.18. The summed E-state index contributed by atoms with van der Waals surface area (Å²) in [5, 5.41) is 10.4. The van der Waals surface area contributed by atoms with Crippen molar-refractivity contribution in [3.63, 3.8) is 0 Å². The van der Waals surface area contributed by atoms with Crippen molar-refractivity contribution in [3.05, 3.63) is 229 Å². The highest BCUT2D eigenvalue weighted by atomic mass is 15.1. The number of rotatable bonds is 5. The molecule has 2 nitrogen and oxygen atoms in total. The largest absolute Gasteiger partial charge is 0.310 e. The number of anilines is 3. The molecule has 14 rings (SSSR count). The van der Waals surface area contributed by atoms with Crippen LogP contribution in [0.15, 0.2) is 206 Å². The van der Waals surface area contributed by atoms with Gasteiger partial charge in [-0.25, -0.2) is 0 Å². The van der Waals surface area contributed by atoms with Crippen LogP contribution in [0, 0.1) is 0 Å². The van der Waals surface area contributed by atoms with Crippen molar-refractivity contribution in [2.24, 2.45) is 0 Å². The normalized spacial score (nSPS) is 14.3. The summed E-state index contributed by atoms with van der Waals surface area (Å²) in [6.07, 6.45) is 0. The van der Waals surface area contributed by atoms with E-state index in [2.05, 4.69) is 243 Å². The standard InChI is InChI=1S/C64H46N2/c1-63(2)54-19-11-8-16-47(54)49-34-29-44(37-56(49)63)65(45-30-35-50-48-17-9-12-20-55(48)64(3,4)57(50)38-45)43-27-22-39(23-28-43)46-31-24-40-25-33-53-61-41(26-32-51(46)60(40)61)36-59-62(53)52-18-10-13-21-58(52)66(59)42-14-6-5-7-15-42/h5-38H,1-4H3. The van der Waals surface area contributed by atoms with Crippen LogP contribution in [0.3, 0.4) is 0 Å². The summed E-state index contributed by atoms with van der Waals surface area (Å²) in [7, 11) is 0. The Balaban J connectivity index is 0.930. The first kappa shape index (κ1) is 37.4. The molecule has 1 aromatic heterocycles. The van der Waals surface area contributed by atoms with Crippen LogP contribution in [0.1, 0.15) is 49.9 Å². The zero-order valence-electron chi connectivity index (χ0n) is 37.5. The van der Waals surface area contributed by atoms with Crippen LogP contribution in [-0.2, 0) is 10.8 Å². The molecule has 0 saturated carbocycles. The molecule has 12 aromatic rings. The van der Waals surface area contributed by atoms with E-state index in [1.54, 1.807) is 0 Å². The maximum absolute atomic E-state index is 2.48. The molecule has 0 fully saturated rings. The van der Waals surface area contributed by atoms with Crippen molar-refractivity contribution in [3.8, 4) is 39.1 Å². The molecule has 66 heavy (non-hydrogen) atoms. The van der Waals surface area contributed by atoms with E-state index >= 15 is 0 Å². The van der Waals surface area contributed by atoms with E-state index in [0.717, 1.165) is 5.69 Å². The molecule has 1 heterocycles. The Labute approximate surface area is 385 Å². The third-order valence-electron chi connectivity index (χ3n) is 15.5. The second-order valence-electron chi connectivity index (χ2n) is 19.7. The number of aromatic nitrogens is 1. The van der Waals surface area contributed by atoms with E-state index in [1.807, 2.05) is 0 Å². The first-order chi connectivity index (χ1) is 32.3. The molecule has 0 aliphatic heterocycles. The average molecular weight is 843 g/mol. The van der Waals surface area contributed by atoms with Gasteiger partial charge in [0.1, 0.15) is 0 Å². The van der Waals surface area contributed by atoms with Gasteiger partial charge in [0.25, 0.3) is 0 Å². The van der Waals surface area contributed by atoms with E-state index < -0.39 is 0 Å². The predicted molar refractivity (Wildman–Crippen MR) is 280 cm³/mol. The van der Waals surface area contributed by atoms with Crippen molar-refractivity contribution in [2.75, 3.05) is 4.90 Å². The second-order valence-corrected chi connectivity index (χ2v) is 19.7. The van der Waals surface area contributed by atoms with Gasteiger partial charge >= 0.3 is 0 Å². The molecule has 0 saturated heterocycles. The highest BCUT2D eigenvalue weighted by Crippen LogP contribution is 2.53. The van der Waals surface area contributed by atoms with Crippen LogP contribution in [-0.4, -0.2) is 4.57 Å². The Morgan fingerprint density at radius 1 is 0.333 bits per heavy atom. The topological polar surface area (TPSA) is 8.17 Å². The zero-order chi connectivity index (χ0) is 44.1. The highest BCUT2D eigenvalue weighted by Gasteiger charge is 2.38. The third-order valence-corrected chi connectivity index (χ3v) is 15.5. The van der Waals surface area contributed by atoms with Gasteiger partial charge in [-0.1, -0.05) is 173 Å². The van der Waals surface area contributed by atoms with Crippen LogP contribution in [0.4, 0.5) is 17.1 Å². The number of hydrogen-bond donors (Lipinski definition) is 0. The van der Waals surface area contributed by atoms with Gasteiger partial charge in [0.05, 0.1) is 11.0 Å². The molecule has 0 N–H and O–H groups in total. The summed E-state index contributed by atoms with van der Waals surface area (Å²) in [5.74, 6) is 0. The number of benzene rings is 11. The van der Waals surface area contributed by atoms with Gasteiger partial charge < -0.3 is 9.47 Å². The highest BCUT2D eigenvalue weighted by molar-refractivity contribution is 6.34. The van der Waals surface area contributed by atoms with Gasteiger partial charge in [-0.15, -0.1) is 0 Å². The van der Waals surface area contributed by atoms with E-state index in [1.165, 1.54) is 127 Å². The Bertz CT molecular complexity index is 3870. The molecule has 0 amide bonds. The fourth-order valence-electron chi connectivity index (χ4n) is 12.3. The van der Waals surface area contributed by atoms with Crippen LogP contribution >= 0.6 is 0 Å². The molecule has 0 spiro atoms. The van der Waals surface area contributed by atoms with Crippen LogP contribution < -0.4 is 4.90 Å². The zero-order valence-corrected chi connectivity index (χ0v) is 37.5. The summed E-state index contributed by atoms with van der Waals surface area (Å²) in [4.78, 5) is 2.48. The molecule has 2 aliphatic carbocycles. The minimum atomic E-state index is -0.112. The summed E-state index contributed by atoms with van der Waals surface area (Å²) >= 11 is 0. The molecule has 312 valence electrons. The quantitative estimate of drug-likeness (QED) is 0.157. The third kappa shape index (κ3) is 5.02. The van der Waals surface area contributed by atoms with Gasteiger partial charge in [-0.3, -0.25) is 0 Å². The molecule has 11 aromatic carbocycles. The summed E-state index contributed by atoms with van der Waals surface area (Å²) < 4.78 is 2.43. The Kier molecular flexibility index (Phi) is 7.55. The summed E-state index contributed by atoms with van der Waals surface area (Å²) in [6.45, 7) is 9.49. The predicted octanol–water partition coefficient (Wildman–Crippen LogP) is 17.4. The van der Waals surface area contributed by atoms with Gasteiger partial charge in [0, 0.05) is 44.4 Å². The van der Waals surface area contributed by atoms with E-state index in [0.29, 0.717) is 0 Å². The Morgan fingerprint density at radius 3 is 1.53 bits per heavy atom. The fraction of sp³-hybridized carbons (Fsp3) is 0.0938. The average Bonchev–Trinajstić information content (AvgIpc) is 3.90. The second kappa shape index (κ2) is 13.3. The lowest BCUT2D eigenvalue weighted by molar-refractivity contribution is 0.660. The van der Waals surface area contributed by atoms with E-state index in [-0.39, 0.29) is 10.8 Å². The van der Waals surface area contributed by atoms with Crippen molar-refractivity contribution in [1.82, 2.24) is 4.57 Å². The maximum Gasteiger partial charge on any atom is 0.0553 e. The van der Waals surface area contributed by atoms with E-state index in [4.69, 9.17) is 0 Å². The number of fused-ring (bicyclic) bond motifs is 10.